The van der Waals surface area contributed by atoms with E-state index in [1.54, 1.807) is 6.07 Å². The first-order chi connectivity index (χ1) is 9.51. The van der Waals surface area contributed by atoms with Crippen molar-refractivity contribution in [3.8, 4) is 11.5 Å². The van der Waals surface area contributed by atoms with Gasteiger partial charge in [0, 0.05) is 19.4 Å². The molecular formula is C16H20O4. The van der Waals surface area contributed by atoms with E-state index in [0.29, 0.717) is 17.4 Å². The van der Waals surface area contributed by atoms with Crippen molar-refractivity contribution in [1.29, 1.82) is 0 Å². The largest absolute Gasteiger partial charge is 0.423 e. The number of esters is 2. The Morgan fingerprint density at radius 3 is 2.50 bits per heavy atom. The van der Waals surface area contributed by atoms with Crippen LogP contribution in [0, 0.1) is 5.92 Å². The second kappa shape index (κ2) is 6.07. The lowest BCUT2D eigenvalue weighted by molar-refractivity contribution is -0.134. The first-order valence-corrected chi connectivity index (χ1v) is 7.02. The summed E-state index contributed by atoms with van der Waals surface area (Å²) in [5, 5.41) is 0. The smallest absolute Gasteiger partial charge is 0.308 e. The number of benzene rings is 1. The van der Waals surface area contributed by atoms with E-state index in [1.165, 1.54) is 19.4 Å². The molecule has 0 amide bonds. The molecular weight excluding hydrogens is 256 g/mol. The zero-order chi connectivity index (χ0) is 14.7. The molecule has 0 bridgehead atoms. The average Bonchev–Trinajstić information content (AvgIpc) is 2.40. The minimum atomic E-state index is -0.416. The molecule has 0 fully saturated rings. The molecule has 1 aromatic rings. The summed E-state index contributed by atoms with van der Waals surface area (Å²) in [4.78, 5) is 22.5. The van der Waals surface area contributed by atoms with Gasteiger partial charge in [0.1, 0.15) is 0 Å². The minimum Gasteiger partial charge on any atom is -0.423 e. The van der Waals surface area contributed by atoms with Gasteiger partial charge in [0.15, 0.2) is 11.5 Å². The molecule has 0 spiro atoms. The molecule has 108 valence electrons. The van der Waals surface area contributed by atoms with Crippen LogP contribution in [-0.4, -0.2) is 11.9 Å². The highest BCUT2D eigenvalue weighted by Gasteiger charge is 2.24. The van der Waals surface area contributed by atoms with Crippen molar-refractivity contribution in [3.05, 3.63) is 23.3 Å². The van der Waals surface area contributed by atoms with Gasteiger partial charge >= 0.3 is 11.9 Å². The van der Waals surface area contributed by atoms with E-state index >= 15 is 0 Å². The number of rotatable bonds is 3. The van der Waals surface area contributed by atoms with Crippen LogP contribution in [-0.2, 0) is 22.4 Å². The summed E-state index contributed by atoms with van der Waals surface area (Å²) in [5.74, 6) is 0.530. The molecule has 0 radical (unpaired) electrons. The lowest BCUT2D eigenvalue weighted by Crippen LogP contribution is -2.17. The van der Waals surface area contributed by atoms with Crippen molar-refractivity contribution in [2.24, 2.45) is 5.92 Å². The highest BCUT2D eigenvalue weighted by molar-refractivity contribution is 5.75. The fraction of sp³-hybridized carbons (Fsp3) is 0.500. The topological polar surface area (TPSA) is 52.6 Å². The molecule has 1 unspecified atom stereocenters. The highest BCUT2D eigenvalue weighted by Crippen LogP contribution is 2.40. The maximum atomic E-state index is 11.3. The van der Waals surface area contributed by atoms with E-state index in [0.717, 1.165) is 31.2 Å². The standard InChI is InChI=1S/C16H20O4/c1-4-12-5-6-13-7-8-15(19-10(2)17)16(14(13)9-12)20-11(3)18/h7-8,12H,4-6,9H2,1-3H3. The van der Waals surface area contributed by atoms with Gasteiger partial charge in [-0.2, -0.15) is 0 Å². The molecule has 0 aromatic heterocycles. The zero-order valence-corrected chi connectivity index (χ0v) is 12.2. The van der Waals surface area contributed by atoms with Gasteiger partial charge < -0.3 is 9.47 Å². The first-order valence-electron chi connectivity index (χ1n) is 7.02. The normalized spacial score (nSPS) is 17.2. The van der Waals surface area contributed by atoms with E-state index in [9.17, 15) is 9.59 Å². The molecule has 4 heteroatoms. The van der Waals surface area contributed by atoms with Crippen LogP contribution < -0.4 is 9.47 Å². The summed E-state index contributed by atoms with van der Waals surface area (Å²) >= 11 is 0. The second-order valence-corrected chi connectivity index (χ2v) is 5.23. The van der Waals surface area contributed by atoms with Crippen molar-refractivity contribution in [1.82, 2.24) is 0 Å². The molecule has 0 saturated heterocycles. The quantitative estimate of drug-likeness (QED) is 0.629. The lowest BCUT2D eigenvalue weighted by Gasteiger charge is -2.26. The van der Waals surface area contributed by atoms with Crippen LogP contribution in [0.3, 0.4) is 0 Å². The van der Waals surface area contributed by atoms with Gasteiger partial charge in [0.25, 0.3) is 0 Å². The number of hydrogen-bond donors (Lipinski definition) is 0. The van der Waals surface area contributed by atoms with Crippen molar-refractivity contribution in [2.45, 2.75) is 46.5 Å². The molecule has 0 heterocycles. The Hall–Kier alpha value is -1.84. The van der Waals surface area contributed by atoms with Gasteiger partial charge in [0.05, 0.1) is 0 Å². The van der Waals surface area contributed by atoms with E-state index in [-0.39, 0.29) is 0 Å². The van der Waals surface area contributed by atoms with E-state index in [1.807, 2.05) is 6.07 Å². The SMILES string of the molecule is CCC1CCc2ccc(OC(C)=O)c(OC(C)=O)c2C1. The third-order valence-corrected chi connectivity index (χ3v) is 3.71. The number of carbonyl (C=O) groups excluding carboxylic acids is 2. The van der Waals surface area contributed by atoms with Crippen LogP contribution in [0.1, 0.15) is 44.7 Å². The van der Waals surface area contributed by atoms with Crippen LogP contribution in [0.25, 0.3) is 0 Å². The third kappa shape index (κ3) is 3.18. The molecule has 0 saturated carbocycles. The second-order valence-electron chi connectivity index (χ2n) is 5.23. The number of ether oxygens (including phenoxy) is 2. The molecule has 20 heavy (non-hydrogen) atoms. The lowest BCUT2D eigenvalue weighted by atomic mass is 9.82. The fourth-order valence-electron chi connectivity index (χ4n) is 2.69. The Bertz CT molecular complexity index is 534. The first kappa shape index (κ1) is 14.6. The Morgan fingerprint density at radius 1 is 1.20 bits per heavy atom. The van der Waals surface area contributed by atoms with E-state index < -0.39 is 11.9 Å². The van der Waals surface area contributed by atoms with E-state index in [4.69, 9.17) is 9.47 Å². The van der Waals surface area contributed by atoms with Crippen LogP contribution in [0.2, 0.25) is 0 Å². The monoisotopic (exact) mass is 276 g/mol. The zero-order valence-electron chi connectivity index (χ0n) is 12.2. The van der Waals surface area contributed by atoms with Gasteiger partial charge in [-0.15, -0.1) is 0 Å². The number of fused-ring (bicyclic) bond motifs is 1. The number of aryl methyl sites for hydroxylation is 1. The highest BCUT2D eigenvalue weighted by atomic mass is 16.6. The molecule has 1 atom stereocenters. The molecule has 1 aliphatic carbocycles. The van der Waals surface area contributed by atoms with Gasteiger partial charge in [-0.05, 0) is 36.8 Å². The third-order valence-electron chi connectivity index (χ3n) is 3.71. The van der Waals surface area contributed by atoms with Gasteiger partial charge in [0.2, 0.25) is 0 Å². The van der Waals surface area contributed by atoms with Gasteiger partial charge in [-0.3, -0.25) is 9.59 Å². The predicted octanol–water partition coefficient (Wildman–Crippen LogP) is 3.05. The summed E-state index contributed by atoms with van der Waals surface area (Å²) in [6, 6.07) is 3.68. The summed E-state index contributed by atoms with van der Waals surface area (Å²) in [5.41, 5.74) is 2.19. The van der Waals surface area contributed by atoms with Crippen molar-refractivity contribution >= 4 is 11.9 Å². The summed E-state index contributed by atoms with van der Waals surface area (Å²) in [6.07, 6.45) is 4.08. The Morgan fingerprint density at radius 2 is 1.90 bits per heavy atom. The predicted molar refractivity (Wildman–Crippen MR) is 74.9 cm³/mol. The summed E-state index contributed by atoms with van der Waals surface area (Å²) in [6.45, 7) is 4.86. The van der Waals surface area contributed by atoms with E-state index in [2.05, 4.69) is 6.92 Å². The van der Waals surface area contributed by atoms with Crippen LogP contribution >= 0.6 is 0 Å². The Kier molecular flexibility index (Phi) is 4.42. The van der Waals surface area contributed by atoms with Gasteiger partial charge in [-0.25, -0.2) is 0 Å². The van der Waals surface area contributed by atoms with Gasteiger partial charge in [-0.1, -0.05) is 19.4 Å². The maximum absolute atomic E-state index is 11.3. The average molecular weight is 276 g/mol. The fourth-order valence-corrected chi connectivity index (χ4v) is 2.69. The molecule has 0 N–H and O–H groups in total. The van der Waals surface area contributed by atoms with Crippen molar-refractivity contribution < 1.29 is 19.1 Å². The number of carbonyl (C=O) groups is 2. The minimum absolute atomic E-state index is 0.336. The molecule has 0 aliphatic heterocycles. The summed E-state index contributed by atoms with van der Waals surface area (Å²) < 4.78 is 10.5. The molecule has 4 nitrogen and oxygen atoms in total. The molecule has 2 rings (SSSR count). The van der Waals surface area contributed by atoms with Crippen molar-refractivity contribution in [3.63, 3.8) is 0 Å². The van der Waals surface area contributed by atoms with Crippen molar-refractivity contribution in [2.75, 3.05) is 0 Å². The molecule has 1 aliphatic rings. The Labute approximate surface area is 119 Å². The summed E-state index contributed by atoms with van der Waals surface area (Å²) in [7, 11) is 0. The van der Waals surface area contributed by atoms with Crippen LogP contribution in [0.4, 0.5) is 0 Å². The Balaban J connectivity index is 2.45. The van der Waals surface area contributed by atoms with Crippen LogP contribution in [0.5, 0.6) is 11.5 Å². The van der Waals surface area contributed by atoms with Crippen LogP contribution in [0.15, 0.2) is 12.1 Å². The maximum Gasteiger partial charge on any atom is 0.308 e. The number of hydrogen-bond acceptors (Lipinski definition) is 4. The molecule has 1 aromatic carbocycles.